The van der Waals surface area contributed by atoms with E-state index in [1.54, 1.807) is 18.3 Å². The molecule has 2 aromatic rings. The summed E-state index contributed by atoms with van der Waals surface area (Å²) in [6.45, 7) is 1.91. The molecule has 18 heavy (non-hydrogen) atoms. The van der Waals surface area contributed by atoms with E-state index in [9.17, 15) is 9.90 Å². The Labute approximate surface area is 104 Å². The van der Waals surface area contributed by atoms with Gasteiger partial charge in [0.1, 0.15) is 11.6 Å². The third-order valence-electron chi connectivity index (χ3n) is 2.45. The van der Waals surface area contributed by atoms with Crippen LogP contribution >= 0.6 is 0 Å². The average molecular weight is 243 g/mol. The number of amides is 1. The number of carbonyl (C=O) groups is 1. The number of benzene rings is 1. The molecule has 0 saturated heterocycles. The quantitative estimate of drug-likeness (QED) is 0.555. The summed E-state index contributed by atoms with van der Waals surface area (Å²) < 4.78 is 0. The van der Waals surface area contributed by atoms with E-state index in [2.05, 4.69) is 10.3 Å². The van der Waals surface area contributed by atoms with Crippen molar-refractivity contribution < 1.29 is 9.90 Å². The highest BCUT2D eigenvalue weighted by atomic mass is 16.3. The normalized spacial score (nSPS) is 10.1. The fourth-order valence-corrected chi connectivity index (χ4v) is 1.42. The van der Waals surface area contributed by atoms with Crippen molar-refractivity contribution in [3.05, 3.63) is 47.7 Å². The molecule has 0 radical (unpaired) electrons. The SMILES string of the molecule is Cc1ccc(NC(=O)c2ccc(N)c(O)c2)nc1. The summed E-state index contributed by atoms with van der Waals surface area (Å²) in [5.41, 5.74) is 7.04. The van der Waals surface area contributed by atoms with E-state index in [1.165, 1.54) is 12.1 Å². The summed E-state index contributed by atoms with van der Waals surface area (Å²) in [4.78, 5) is 15.9. The van der Waals surface area contributed by atoms with Gasteiger partial charge in [0.15, 0.2) is 0 Å². The van der Waals surface area contributed by atoms with Gasteiger partial charge in [-0.1, -0.05) is 6.07 Å². The second-order valence-electron chi connectivity index (χ2n) is 3.95. The number of nitrogen functional groups attached to an aromatic ring is 1. The number of aromatic nitrogens is 1. The van der Waals surface area contributed by atoms with E-state index in [1.807, 2.05) is 13.0 Å². The van der Waals surface area contributed by atoms with Crippen molar-refractivity contribution in [1.82, 2.24) is 4.98 Å². The van der Waals surface area contributed by atoms with Crippen molar-refractivity contribution >= 4 is 17.4 Å². The molecule has 92 valence electrons. The molecule has 0 aliphatic carbocycles. The Morgan fingerprint density at radius 3 is 2.72 bits per heavy atom. The molecule has 1 aromatic heterocycles. The van der Waals surface area contributed by atoms with Gasteiger partial charge >= 0.3 is 0 Å². The number of aryl methyl sites for hydroxylation is 1. The third kappa shape index (κ3) is 2.57. The lowest BCUT2D eigenvalue weighted by Crippen LogP contribution is -2.12. The summed E-state index contributed by atoms with van der Waals surface area (Å²) in [5.74, 6) is 0.00285. The lowest BCUT2D eigenvalue weighted by atomic mass is 10.2. The third-order valence-corrected chi connectivity index (χ3v) is 2.45. The van der Waals surface area contributed by atoms with Crippen molar-refractivity contribution in [3.63, 3.8) is 0 Å². The van der Waals surface area contributed by atoms with Crippen LogP contribution in [0, 0.1) is 6.92 Å². The number of rotatable bonds is 2. The smallest absolute Gasteiger partial charge is 0.256 e. The molecule has 0 atom stereocenters. The molecule has 2 rings (SSSR count). The van der Waals surface area contributed by atoms with Crippen LogP contribution in [0.5, 0.6) is 5.75 Å². The van der Waals surface area contributed by atoms with Gasteiger partial charge in [-0.3, -0.25) is 4.79 Å². The van der Waals surface area contributed by atoms with Gasteiger partial charge in [-0.2, -0.15) is 0 Å². The van der Waals surface area contributed by atoms with Crippen molar-refractivity contribution in [2.45, 2.75) is 6.92 Å². The average Bonchev–Trinajstić information content (AvgIpc) is 2.35. The predicted molar refractivity (Wildman–Crippen MR) is 69.4 cm³/mol. The highest BCUT2D eigenvalue weighted by Crippen LogP contribution is 2.21. The Hall–Kier alpha value is -2.56. The van der Waals surface area contributed by atoms with Crippen LogP contribution in [-0.2, 0) is 0 Å². The molecule has 0 aliphatic heterocycles. The van der Waals surface area contributed by atoms with Crippen LogP contribution in [0.2, 0.25) is 0 Å². The largest absolute Gasteiger partial charge is 0.506 e. The number of hydrogen-bond donors (Lipinski definition) is 3. The minimum Gasteiger partial charge on any atom is -0.506 e. The first-order chi connectivity index (χ1) is 8.56. The molecule has 1 aromatic carbocycles. The molecule has 5 nitrogen and oxygen atoms in total. The van der Waals surface area contributed by atoms with Gasteiger partial charge < -0.3 is 16.2 Å². The summed E-state index contributed by atoms with van der Waals surface area (Å²) in [5, 5.41) is 12.1. The zero-order chi connectivity index (χ0) is 13.1. The molecule has 0 saturated carbocycles. The molecule has 0 bridgehead atoms. The van der Waals surface area contributed by atoms with Crippen molar-refractivity contribution in [3.8, 4) is 5.75 Å². The van der Waals surface area contributed by atoms with Gasteiger partial charge in [0.25, 0.3) is 5.91 Å². The fourth-order valence-electron chi connectivity index (χ4n) is 1.42. The van der Waals surface area contributed by atoms with E-state index >= 15 is 0 Å². The molecule has 0 spiro atoms. The first kappa shape index (κ1) is 11.9. The molecule has 0 aliphatic rings. The zero-order valence-corrected chi connectivity index (χ0v) is 9.84. The summed E-state index contributed by atoms with van der Waals surface area (Å²) >= 11 is 0. The number of anilines is 2. The van der Waals surface area contributed by atoms with Crippen LogP contribution < -0.4 is 11.1 Å². The Bertz CT molecular complexity index is 579. The highest BCUT2D eigenvalue weighted by molar-refractivity contribution is 6.04. The van der Waals surface area contributed by atoms with Gasteiger partial charge in [-0.25, -0.2) is 4.98 Å². The molecule has 5 heteroatoms. The van der Waals surface area contributed by atoms with Crippen LogP contribution in [0.15, 0.2) is 36.5 Å². The number of nitrogens with one attached hydrogen (secondary N) is 1. The monoisotopic (exact) mass is 243 g/mol. The standard InChI is InChI=1S/C13H13N3O2/c1-8-2-5-12(15-7-8)16-13(18)9-3-4-10(14)11(17)6-9/h2-7,17H,14H2,1H3,(H,15,16,18). The Morgan fingerprint density at radius 2 is 2.11 bits per heavy atom. The maximum absolute atomic E-state index is 11.9. The summed E-state index contributed by atoms with van der Waals surface area (Å²) in [6, 6.07) is 7.90. The Morgan fingerprint density at radius 1 is 1.33 bits per heavy atom. The van der Waals surface area contributed by atoms with Gasteiger partial charge in [0.2, 0.25) is 0 Å². The van der Waals surface area contributed by atoms with Gasteiger partial charge in [0, 0.05) is 11.8 Å². The minimum absolute atomic E-state index is 0.112. The number of phenols is 1. The molecule has 4 N–H and O–H groups in total. The molecule has 1 amide bonds. The zero-order valence-electron chi connectivity index (χ0n) is 9.84. The molecule has 1 heterocycles. The number of nitrogens with two attached hydrogens (primary N) is 1. The lowest BCUT2D eigenvalue weighted by Gasteiger charge is -2.06. The Kier molecular flexibility index (Phi) is 3.14. The molecule has 0 fully saturated rings. The van der Waals surface area contributed by atoms with E-state index in [-0.39, 0.29) is 17.3 Å². The van der Waals surface area contributed by atoms with E-state index in [4.69, 9.17) is 5.73 Å². The van der Waals surface area contributed by atoms with Crippen molar-refractivity contribution in [2.75, 3.05) is 11.1 Å². The first-order valence-corrected chi connectivity index (χ1v) is 5.39. The number of aromatic hydroxyl groups is 1. The van der Waals surface area contributed by atoms with Crippen LogP contribution in [0.25, 0.3) is 0 Å². The maximum atomic E-state index is 11.9. The van der Waals surface area contributed by atoms with Crippen molar-refractivity contribution in [1.29, 1.82) is 0 Å². The van der Waals surface area contributed by atoms with Crippen molar-refractivity contribution in [2.24, 2.45) is 0 Å². The van der Waals surface area contributed by atoms with E-state index < -0.39 is 0 Å². The van der Waals surface area contributed by atoms with Gasteiger partial charge in [0.05, 0.1) is 5.69 Å². The highest BCUT2D eigenvalue weighted by Gasteiger charge is 2.08. The number of pyridine rings is 1. The topological polar surface area (TPSA) is 88.2 Å². The van der Waals surface area contributed by atoms with Crippen LogP contribution in [-0.4, -0.2) is 16.0 Å². The molecular formula is C13H13N3O2. The number of nitrogens with zero attached hydrogens (tertiary/aromatic N) is 1. The van der Waals surface area contributed by atoms with Gasteiger partial charge in [-0.05, 0) is 36.8 Å². The second kappa shape index (κ2) is 4.75. The summed E-state index contributed by atoms with van der Waals surface area (Å²) in [7, 11) is 0. The fraction of sp³-hybridized carbons (Fsp3) is 0.0769. The summed E-state index contributed by atoms with van der Waals surface area (Å²) in [6.07, 6.45) is 1.66. The van der Waals surface area contributed by atoms with Gasteiger partial charge in [-0.15, -0.1) is 0 Å². The number of carbonyl (C=O) groups excluding carboxylic acids is 1. The van der Waals surface area contributed by atoms with Crippen LogP contribution in [0.1, 0.15) is 15.9 Å². The van der Waals surface area contributed by atoms with E-state index in [0.717, 1.165) is 5.56 Å². The number of phenolic OH excluding ortho intramolecular Hbond substituents is 1. The molecular weight excluding hydrogens is 230 g/mol. The first-order valence-electron chi connectivity index (χ1n) is 5.39. The van der Waals surface area contributed by atoms with Crippen LogP contribution in [0.4, 0.5) is 11.5 Å². The second-order valence-corrected chi connectivity index (χ2v) is 3.95. The Balaban J connectivity index is 2.16. The minimum atomic E-state index is -0.346. The van der Waals surface area contributed by atoms with E-state index in [0.29, 0.717) is 11.4 Å². The molecule has 0 unspecified atom stereocenters. The van der Waals surface area contributed by atoms with Crippen LogP contribution in [0.3, 0.4) is 0 Å². The maximum Gasteiger partial charge on any atom is 0.256 e. The lowest BCUT2D eigenvalue weighted by molar-refractivity contribution is 0.102. The number of hydrogen-bond acceptors (Lipinski definition) is 4. The predicted octanol–water partition coefficient (Wildman–Crippen LogP) is 1.93.